The van der Waals surface area contributed by atoms with Gasteiger partial charge in [0.1, 0.15) is 11.6 Å². The van der Waals surface area contributed by atoms with Crippen molar-refractivity contribution in [3.8, 4) is 5.75 Å². The van der Waals surface area contributed by atoms with E-state index in [1.165, 1.54) is 0 Å². The molecular weight excluding hydrogens is 384 g/mol. The Labute approximate surface area is 176 Å². The normalized spacial score (nSPS) is 21.2. The SMILES string of the molecule is COc1ccc(N2CC(C(=O)N3CCC(O)(Cn4ccnc4C)CC3)CC2=O)cc1. The molecule has 1 aromatic heterocycles. The summed E-state index contributed by atoms with van der Waals surface area (Å²) in [5.41, 5.74) is -0.0668. The van der Waals surface area contributed by atoms with E-state index in [1.807, 2.05) is 42.0 Å². The van der Waals surface area contributed by atoms with Gasteiger partial charge in [0.25, 0.3) is 0 Å². The highest BCUT2D eigenvalue weighted by Crippen LogP contribution is 2.30. The van der Waals surface area contributed by atoms with Crippen LogP contribution in [0.1, 0.15) is 25.1 Å². The summed E-state index contributed by atoms with van der Waals surface area (Å²) in [7, 11) is 1.60. The third-order valence-corrected chi connectivity index (χ3v) is 6.25. The molecule has 2 aromatic rings. The van der Waals surface area contributed by atoms with Crippen LogP contribution in [-0.2, 0) is 16.1 Å². The largest absolute Gasteiger partial charge is 0.497 e. The van der Waals surface area contributed by atoms with Crippen molar-refractivity contribution in [3.05, 3.63) is 42.5 Å². The Balaban J connectivity index is 1.35. The Morgan fingerprint density at radius 1 is 1.27 bits per heavy atom. The fraction of sp³-hybridized carbons (Fsp3) is 0.500. The van der Waals surface area contributed by atoms with Gasteiger partial charge in [-0.05, 0) is 44.0 Å². The second-order valence-electron chi connectivity index (χ2n) is 8.26. The van der Waals surface area contributed by atoms with Crippen LogP contribution in [0, 0.1) is 12.8 Å². The van der Waals surface area contributed by atoms with Crippen LogP contribution in [0.5, 0.6) is 5.75 Å². The summed E-state index contributed by atoms with van der Waals surface area (Å²) in [4.78, 5) is 33.2. The third-order valence-electron chi connectivity index (χ3n) is 6.25. The smallest absolute Gasteiger partial charge is 0.228 e. The number of ether oxygens (including phenoxy) is 1. The maximum absolute atomic E-state index is 13.0. The van der Waals surface area contributed by atoms with Gasteiger partial charge in [-0.3, -0.25) is 9.59 Å². The van der Waals surface area contributed by atoms with Crippen LogP contribution < -0.4 is 9.64 Å². The van der Waals surface area contributed by atoms with Gasteiger partial charge in [0.05, 0.1) is 25.2 Å². The average Bonchev–Trinajstić information content (AvgIpc) is 3.33. The minimum atomic E-state index is -0.844. The van der Waals surface area contributed by atoms with E-state index >= 15 is 0 Å². The number of imidazole rings is 1. The number of amides is 2. The topological polar surface area (TPSA) is 87.9 Å². The number of nitrogens with zero attached hydrogens (tertiary/aromatic N) is 4. The number of aliphatic hydroxyl groups is 1. The number of benzene rings is 1. The number of piperidine rings is 1. The van der Waals surface area contributed by atoms with Crippen LogP contribution in [0.3, 0.4) is 0 Å². The molecule has 30 heavy (non-hydrogen) atoms. The van der Waals surface area contributed by atoms with Gasteiger partial charge in [-0.15, -0.1) is 0 Å². The molecule has 1 N–H and O–H groups in total. The number of likely N-dealkylation sites (tertiary alicyclic amines) is 1. The van der Waals surface area contributed by atoms with Crippen molar-refractivity contribution in [1.29, 1.82) is 0 Å². The Kier molecular flexibility index (Phi) is 5.51. The summed E-state index contributed by atoms with van der Waals surface area (Å²) < 4.78 is 7.11. The van der Waals surface area contributed by atoms with Crippen LogP contribution in [0.25, 0.3) is 0 Å². The molecule has 1 aromatic carbocycles. The molecule has 2 saturated heterocycles. The number of rotatable bonds is 5. The van der Waals surface area contributed by atoms with E-state index in [0.717, 1.165) is 17.3 Å². The summed E-state index contributed by atoms with van der Waals surface area (Å²) in [6.45, 7) is 3.77. The van der Waals surface area contributed by atoms with Crippen LogP contribution >= 0.6 is 0 Å². The summed E-state index contributed by atoms with van der Waals surface area (Å²) in [5, 5.41) is 10.9. The highest BCUT2D eigenvalue weighted by Gasteiger charge is 2.40. The maximum Gasteiger partial charge on any atom is 0.228 e. The second kappa shape index (κ2) is 8.10. The molecule has 0 spiro atoms. The Morgan fingerprint density at radius 2 is 1.97 bits per heavy atom. The molecule has 8 nitrogen and oxygen atoms in total. The van der Waals surface area contributed by atoms with Crippen LogP contribution in [0.4, 0.5) is 5.69 Å². The minimum Gasteiger partial charge on any atom is -0.497 e. The first-order chi connectivity index (χ1) is 14.4. The lowest BCUT2D eigenvalue weighted by molar-refractivity contribution is -0.140. The summed E-state index contributed by atoms with van der Waals surface area (Å²) >= 11 is 0. The zero-order valence-electron chi connectivity index (χ0n) is 17.5. The molecule has 2 fully saturated rings. The highest BCUT2D eigenvalue weighted by molar-refractivity contribution is 6.00. The molecule has 8 heteroatoms. The van der Waals surface area contributed by atoms with E-state index in [4.69, 9.17) is 4.74 Å². The van der Waals surface area contributed by atoms with E-state index in [-0.39, 0.29) is 24.2 Å². The molecule has 1 unspecified atom stereocenters. The van der Waals surface area contributed by atoms with E-state index in [1.54, 1.807) is 23.1 Å². The number of methoxy groups -OCH3 is 1. The van der Waals surface area contributed by atoms with Gasteiger partial charge < -0.3 is 24.2 Å². The van der Waals surface area contributed by atoms with Crippen molar-refractivity contribution in [2.75, 3.05) is 31.6 Å². The molecule has 1 atom stereocenters. The van der Waals surface area contributed by atoms with Gasteiger partial charge >= 0.3 is 0 Å². The molecule has 4 rings (SSSR count). The van der Waals surface area contributed by atoms with Crippen molar-refractivity contribution in [1.82, 2.24) is 14.5 Å². The third kappa shape index (κ3) is 4.05. The zero-order chi connectivity index (χ0) is 21.3. The molecule has 0 aliphatic carbocycles. The standard InChI is InChI=1S/C22H28N4O4/c1-16-23-9-12-25(16)15-22(29)7-10-24(11-8-22)21(28)17-13-20(27)26(14-17)18-3-5-19(30-2)6-4-18/h3-6,9,12,17,29H,7-8,10-11,13-15H2,1-2H3. The lowest BCUT2D eigenvalue weighted by Gasteiger charge is -2.39. The first-order valence-corrected chi connectivity index (χ1v) is 10.3. The van der Waals surface area contributed by atoms with Crippen molar-refractivity contribution in [2.24, 2.45) is 5.92 Å². The lowest BCUT2D eigenvalue weighted by atomic mass is 9.90. The van der Waals surface area contributed by atoms with Crippen LogP contribution in [-0.4, -0.2) is 63.7 Å². The molecule has 0 radical (unpaired) electrons. The maximum atomic E-state index is 13.0. The molecule has 160 valence electrons. The molecule has 0 saturated carbocycles. The molecular formula is C22H28N4O4. The number of hydrogen-bond donors (Lipinski definition) is 1. The van der Waals surface area contributed by atoms with Gasteiger partial charge in [-0.2, -0.15) is 0 Å². The predicted molar refractivity (Wildman–Crippen MR) is 111 cm³/mol. The number of carbonyl (C=O) groups is 2. The predicted octanol–water partition coefficient (Wildman–Crippen LogP) is 1.61. The summed E-state index contributed by atoms with van der Waals surface area (Å²) in [5.74, 6) is 1.21. The van der Waals surface area contributed by atoms with E-state index in [0.29, 0.717) is 39.0 Å². The number of aryl methyl sites for hydroxylation is 1. The van der Waals surface area contributed by atoms with Gasteiger partial charge in [-0.1, -0.05) is 0 Å². The first kappa shape index (κ1) is 20.4. The van der Waals surface area contributed by atoms with Crippen LogP contribution in [0.15, 0.2) is 36.7 Å². The van der Waals surface area contributed by atoms with Crippen molar-refractivity contribution >= 4 is 17.5 Å². The average molecular weight is 412 g/mol. The Bertz CT molecular complexity index is 915. The number of aromatic nitrogens is 2. The Hall–Kier alpha value is -2.87. The van der Waals surface area contributed by atoms with Crippen molar-refractivity contribution in [2.45, 2.75) is 38.3 Å². The van der Waals surface area contributed by atoms with Crippen molar-refractivity contribution < 1.29 is 19.4 Å². The van der Waals surface area contributed by atoms with Gasteiger partial charge in [0.2, 0.25) is 11.8 Å². The zero-order valence-corrected chi connectivity index (χ0v) is 17.5. The second-order valence-corrected chi connectivity index (χ2v) is 8.26. The van der Waals surface area contributed by atoms with E-state index in [2.05, 4.69) is 4.98 Å². The van der Waals surface area contributed by atoms with Gasteiger partial charge in [-0.25, -0.2) is 4.98 Å². The van der Waals surface area contributed by atoms with E-state index < -0.39 is 5.60 Å². The molecule has 2 aliphatic rings. The first-order valence-electron chi connectivity index (χ1n) is 10.3. The number of anilines is 1. The fourth-order valence-corrected chi connectivity index (χ4v) is 4.33. The monoisotopic (exact) mass is 412 g/mol. The van der Waals surface area contributed by atoms with Crippen molar-refractivity contribution in [3.63, 3.8) is 0 Å². The minimum absolute atomic E-state index is 0.000207. The lowest BCUT2D eigenvalue weighted by Crippen LogP contribution is -2.50. The van der Waals surface area contributed by atoms with E-state index in [9.17, 15) is 14.7 Å². The highest BCUT2D eigenvalue weighted by atomic mass is 16.5. The molecule has 0 bridgehead atoms. The molecule has 3 heterocycles. The number of carbonyl (C=O) groups excluding carboxylic acids is 2. The van der Waals surface area contributed by atoms with Crippen LogP contribution in [0.2, 0.25) is 0 Å². The fourth-order valence-electron chi connectivity index (χ4n) is 4.33. The number of hydrogen-bond acceptors (Lipinski definition) is 5. The van der Waals surface area contributed by atoms with Gasteiger partial charge in [0, 0.05) is 44.1 Å². The molecule has 2 amide bonds. The van der Waals surface area contributed by atoms with Gasteiger partial charge in [0.15, 0.2) is 0 Å². The molecule has 2 aliphatic heterocycles. The Morgan fingerprint density at radius 3 is 2.57 bits per heavy atom. The summed E-state index contributed by atoms with van der Waals surface area (Å²) in [6.07, 6.45) is 4.84. The quantitative estimate of drug-likeness (QED) is 0.806. The summed E-state index contributed by atoms with van der Waals surface area (Å²) in [6, 6.07) is 7.29.